The van der Waals surface area contributed by atoms with Crippen LogP contribution in [-0.4, -0.2) is 70.6 Å². The predicted molar refractivity (Wildman–Crippen MR) is 90.4 cm³/mol. The topological polar surface area (TPSA) is 53.4 Å². The maximum atomic E-state index is 12.5. The first-order valence-corrected chi connectivity index (χ1v) is 8.88. The zero-order valence-electron chi connectivity index (χ0n) is 14.4. The highest BCUT2D eigenvalue weighted by Gasteiger charge is 2.30. The molecule has 2 aliphatic heterocycles. The molecule has 1 unspecified atom stereocenters. The van der Waals surface area contributed by atoms with E-state index in [9.17, 15) is 4.79 Å². The first-order valence-electron chi connectivity index (χ1n) is 8.88. The van der Waals surface area contributed by atoms with Crippen molar-refractivity contribution >= 4 is 5.91 Å². The van der Waals surface area contributed by atoms with Gasteiger partial charge in [0, 0.05) is 76.6 Å². The first-order chi connectivity index (χ1) is 11.1. The molecule has 1 aromatic rings. The lowest BCUT2D eigenvalue weighted by Crippen LogP contribution is -2.49. The van der Waals surface area contributed by atoms with E-state index in [1.165, 1.54) is 0 Å². The van der Waals surface area contributed by atoms with Gasteiger partial charge in [0.1, 0.15) is 5.82 Å². The third-order valence-corrected chi connectivity index (χ3v) is 5.01. The number of hydrogen-bond donors (Lipinski definition) is 1. The standard InChI is InChI=1S/C17H29N5O/c1-14(2)17-19-7-12-21(17)9-4-16(23)22-8-3-15(13-22)20-10-5-18-6-11-20/h7,12,14-15,18H,3-6,8-11,13H2,1-2H3. The maximum Gasteiger partial charge on any atom is 0.224 e. The van der Waals surface area contributed by atoms with Gasteiger partial charge in [0.2, 0.25) is 5.91 Å². The Labute approximate surface area is 138 Å². The number of piperazine rings is 1. The smallest absolute Gasteiger partial charge is 0.224 e. The first kappa shape index (κ1) is 16.5. The Bertz CT molecular complexity index is 521. The van der Waals surface area contributed by atoms with E-state index in [2.05, 4.69) is 38.5 Å². The van der Waals surface area contributed by atoms with Crippen molar-refractivity contribution in [1.29, 1.82) is 0 Å². The van der Waals surface area contributed by atoms with Crippen LogP contribution in [0.5, 0.6) is 0 Å². The van der Waals surface area contributed by atoms with Gasteiger partial charge in [-0.15, -0.1) is 0 Å². The van der Waals surface area contributed by atoms with E-state index in [0.717, 1.165) is 58.1 Å². The van der Waals surface area contributed by atoms with Gasteiger partial charge in [-0.1, -0.05) is 13.8 Å². The van der Waals surface area contributed by atoms with Crippen molar-refractivity contribution in [3.05, 3.63) is 18.2 Å². The minimum atomic E-state index is 0.283. The van der Waals surface area contributed by atoms with Gasteiger partial charge in [0.15, 0.2) is 0 Å². The minimum absolute atomic E-state index is 0.283. The molecule has 0 radical (unpaired) electrons. The molecule has 1 atom stereocenters. The zero-order valence-corrected chi connectivity index (χ0v) is 14.4. The Morgan fingerprint density at radius 3 is 2.87 bits per heavy atom. The summed E-state index contributed by atoms with van der Waals surface area (Å²) in [6.07, 6.45) is 5.50. The Balaban J connectivity index is 1.48. The largest absolute Gasteiger partial charge is 0.341 e. The Kier molecular flexibility index (Phi) is 5.33. The number of likely N-dealkylation sites (tertiary alicyclic amines) is 1. The molecule has 0 saturated carbocycles. The maximum absolute atomic E-state index is 12.5. The summed E-state index contributed by atoms with van der Waals surface area (Å²) in [6, 6.07) is 0.556. The summed E-state index contributed by atoms with van der Waals surface area (Å²) in [7, 11) is 0. The van der Waals surface area contributed by atoms with Crippen molar-refractivity contribution in [2.75, 3.05) is 39.3 Å². The van der Waals surface area contributed by atoms with E-state index in [4.69, 9.17) is 0 Å². The van der Waals surface area contributed by atoms with Gasteiger partial charge in [0.05, 0.1) is 0 Å². The van der Waals surface area contributed by atoms with Gasteiger partial charge in [-0.3, -0.25) is 9.69 Å². The van der Waals surface area contributed by atoms with Crippen molar-refractivity contribution in [3.8, 4) is 0 Å². The summed E-state index contributed by atoms with van der Waals surface area (Å²) in [6.45, 7) is 11.2. The molecule has 6 nitrogen and oxygen atoms in total. The molecule has 6 heteroatoms. The summed E-state index contributed by atoms with van der Waals surface area (Å²) < 4.78 is 2.12. The molecule has 23 heavy (non-hydrogen) atoms. The molecule has 0 bridgehead atoms. The second-order valence-corrected chi connectivity index (χ2v) is 6.95. The van der Waals surface area contributed by atoms with Gasteiger partial charge < -0.3 is 14.8 Å². The molecule has 3 heterocycles. The van der Waals surface area contributed by atoms with Gasteiger partial charge >= 0.3 is 0 Å². The molecular weight excluding hydrogens is 290 g/mol. The molecule has 2 fully saturated rings. The van der Waals surface area contributed by atoms with Crippen LogP contribution in [0.1, 0.15) is 38.4 Å². The average molecular weight is 319 g/mol. The van der Waals surface area contributed by atoms with Crippen molar-refractivity contribution in [2.45, 2.75) is 45.2 Å². The molecule has 2 aliphatic rings. The second-order valence-electron chi connectivity index (χ2n) is 6.95. The highest BCUT2D eigenvalue weighted by Crippen LogP contribution is 2.18. The molecule has 1 aromatic heterocycles. The third kappa shape index (κ3) is 3.93. The lowest BCUT2D eigenvalue weighted by atomic mass is 10.2. The van der Waals surface area contributed by atoms with Crippen LogP contribution in [-0.2, 0) is 11.3 Å². The predicted octanol–water partition coefficient (Wildman–Crippen LogP) is 0.903. The molecule has 1 amide bonds. The fourth-order valence-corrected chi connectivity index (χ4v) is 3.70. The van der Waals surface area contributed by atoms with E-state index < -0.39 is 0 Å². The summed E-state index contributed by atoms with van der Waals surface area (Å²) in [5.74, 6) is 1.74. The highest BCUT2D eigenvalue weighted by molar-refractivity contribution is 5.76. The Morgan fingerprint density at radius 2 is 2.13 bits per heavy atom. The number of imidazole rings is 1. The van der Waals surface area contributed by atoms with Crippen molar-refractivity contribution < 1.29 is 4.79 Å². The fourth-order valence-electron chi connectivity index (χ4n) is 3.70. The summed E-state index contributed by atoms with van der Waals surface area (Å²) >= 11 is 0. The van der Waals surface area contributed by atoms with Gasteiger partial charge in [-0.05, 0) is 6.42 Å². The highest BCUT2D eigenvalue weighted by atomic mass is 16.2. The van der Waals surface area contributed by atoms with Crippen molar-refractivity contribution in [3.63, 3.8) is 0 Å². The lowest BCUT2D eigenvalue weighted by molar-refractivity contribution is -0.130. The Hall–Kier alpha value is -1.40. The molecule has 0 aromatic carbocycles. The molecule has 3 rings (SSSR count). The number of nitrogens with zero attached hydrogens (tertiary/aromatic N) is 4. The van der Waals surface area contributed by atoms with Gasteiger partial charge in [-0.25, -0.2) is 4.98 Å². The molecule has 0 spiro atoms. The van der Waals surface area contributed by atoms with Crippen molar-refractivity contribution in [1.82, 2.24) is 24.7 Å². The monoisotopic (exact) mass is 319 g/mol. The van der Waals surface area contributed by atoms with E-state index in [0.29, 0.717) is 18.4 Å². The fraction of sp³-hybridized carbons (Fsp3) is 0.765. The lowest BCUT2D eigenvalue weighted by Gasteiger charge is -2.32. The molecule has 1 N–H and O–H groups in total. The number of nitrogens with one attached hydrogen (secondary N) is 1. The molecular formula is C17H29N5O. The van der Waals surface area contributed by atoms with Crippen LogP contribution < -0.4 is 5.32 Å². The number of amides is 1. The zero-order chi connectivity index (χ0) is 16.2. The number of aromatic nitrogens is 2. The third-order valence-electron chi connectivity index (χ3n) is 5.01. The second kappa shape index (κ2) is 7.45. The van der Waals surface area contributed by atoms with Crippen LogP contribution in [0.25, 0.3) is 0 Å². The normalized spacial score (nSPS) is 22.9. The minimum Gasteiger partial charge on any atom is -0.341 e. The van der Waals surface area contributed by atoms with Crippen LogP contribution in [0, 0.1) is 0 Å². The van der Waals surface area contributed by atoms with Crippen LogP contribution in [0.2, 0.25) is 0 Å². The summed E-state index contributed by atoms with van der Waals surface area (Å²) in [4.78, 5) is 21.5. The van der Waals surface area contributed by atoms with E-state index in [-0.39, 0.29) is 5.91 Å². The van der Waals surface area contributed by atoms with E-state index in [1.54, 1.807) is 0 Å². The van der Waals surface area contributed by atoms with Gasteiger partial charge in [-0.2, -0.15) is 0 Å². The SMILES string of the molecule is CC(C)c1nccn1CCC(=O)N1CCC(N2CCNCC2)C1. The number of hydrogen-bond acceptors (Lipinski definition) is 4. The number of rotatable bonds is 5. The van der Waals surface area contributed by atoms with Crippen LogP contribution in [0.4, 0.5) is 0 Å². The van der Waals surface area contributed by atoms with Crippen LogP contribution in [0.15, 0.2) is 12.4 Å². The Morgan fingerprint density at radius 1 is 1.35 bits per heavy atom. The average Bonchev–Trinajstić information content (AvgIpc) is 3.22. The molecule has 2 saturated heterocycles. The van der Waals surface area contributed by atoms with E-state index >= 15 is 0 Å². The quantitative estimate of drug-likeness (QED) is 0.876. The summed E-state index contributed by atoms with van der Waals surface area (Å²) in [5, 5.41) is 3.39. The van der Waals surface area contributed by atoms with E-state index in [1.807, 2.05) is 12.4 Å². The molecule has 0 aliphatic carbocycles. The van der Waals surface area contributed by atoms with Crippen LogP contribution in [0.3, 0.4) is 0 Å². The number of carbonyl (C=O) groups is 1. The summed E-state index contributed by atoms with van der Waals surface area (Å²) in [5.41, 5.74) is 0. The van der Waals surface area contributed by atoms with Crippen LogP contribution >= 0.6 is 0 Å². The molecule has 128 valence electrons. The number of carbonyl (C=O) groups excluding carboxylic acids is 1. The van der Waals surface area contributed by atoms with Gasteiger partial charge in [0.25, 0.3) is 0 Å². The van der Waals surface area contributed by atoms with Crippen molar-refractivity contribution in [2.24, 2.45) is 0 Å². The number of aryl methyl sites for hydroxylation is 1.